The maximum Gasteiger partial charge on any atom is 0.337 e. The van der Waals surface area contributed by atoms with Crippen LogP contribution in [0.4, 0.5) is 4.79 Å². The second-order valence-corrected chi connectivity index (χ2v) is 4.13. The molecule has 0 aliphatic heterocycles. The fraction of sp³-hybridized carbons (Fsp3) is 0.231. The van der Waals surface area contributed by atoms with Crippen LogP contribution in [0, 0.1) is 0 Å². The van der Waals surface area contributed by atoms with Gasteiger partial charge in [0.25, 0.3) is 0 Å². The Kier molecular flexibility index (Phi) is 3.06. The van der Waals surface area contributed by atoms with E-state index in [9.17, 15) is 9.59 Å². The van der Waals surface area contributed by atoms with Crippen LogP contribution in [0.15, 0.2) is 30.5 Å². The third kappa shape index (κ3) is 1.95. The summed E-state index contributed by atoms with van der Waals surface area (Å²) in [5.41, 5.74) is 1.12. The van der Waals surface area contributed by atoms with Gasteiger partial charge in [-0.1, -0.05) is 6.07 Å². The number of aromatic nitrogens is 1. The lowest BCUT2D eigenvalue weighted by molar-refractivity contribution is 0.0601. The highest BCUT2D eigenvalue weighted by Gasteiger charge is 2.13. The number of esters is 1. The van der Waals surface area contributed by atoms with Gasteiger partial charge in [0.2, 0.25) is 0 Å². The Hall–Kier alpha value is -2.30. The highest BCUT2D eigenvalue weighted by Crippen LogP contribution is 2.18. The monoisotopic (exact) mass is 246 g/mol. The van der Waals surface area contributed by atoms with Crippen LogP contribution in [0.25, 0.3) is 10.9 Å². The zero-order valence-corrected chi connectivity index (χ0v) is 10.5. The predicted octanol–water partition coefficient (Wildman–Crippen LogP) is 1.96. The molecule has 0 aliphatic rings. The number of hydrogen-bond donors (Lipinski definition) is 0. The van der Waals surface area contributed by atoms with Crippen LogP contribution in [-0.4, -0.2) is 42.7 Å². The van der Waals surface area contributed by atoms with Gasteiger partial charge in [-0.2, -0.15) is 0 Å². The van der Waals surface area contributed by atoms with Gasteiger partial charge >= 0.3 is 12.0 Å². The molecule has 0 atom stereocenters. The fourth-order valence-electron chi connectivity index (χ4n) is 1.76. The summed E-state index contributed by atoms with van der Waals surface area (Å²) in [4.78, 5) is 24.9. The van der Waals surface area contributed by atoms with Crippen molar-refractivity contribution in [1.82, 2.24) is 9.47 Å². The first-order valence-electron chi connectivity index (χ1n) is 5.45. The molecule has 0 N–H and O–H groups in total. The van der Waals surface area contributed by atoms with E-state index in [0.29, 0.717) is 11.1 Å². The fourth-order valence-corrected chi connectivity index (χ4v) is 1.76. The number of carbonyl (C=O) groups excluding carboxylic acids is 2. The molecule has 0 fully saturated rings. The quantitative estimate of drug-likeness (QED) is 0.723. The SMILES string of the molecule is COC(=O)c1ccc2ccn(C(=O)N(C)C)c2c1. The zero-order valence-electron chi connectivity index (χ0n) is 10.5. The number of fused-ring (bicyclic) bond motifs is 1. The maximum absolute atomic E-state index is 11.9. The molecule has 0 unspecified atom stereocenters. The highest BCUT2D eigenvalue weighted by atomic mass is 16.5. The summed E-state index contributed by atoms with van der Waals surface area (Å²) in [6.45, 7) is 0. The number of nitrogens with zero attached hydrogens (tertiary/aromatic N) is 2. The topological polar surface area (TPSA) is 51.5 Å². The molecule has 94 valence electrons. The molecular formula is C13H14N2O3. The van der Waals surface area contributed by atoms with Crippen molar-refractivity contribution in [2.24, 2.45) is 0 Å². The minimum absolute atomic E-state index is 0.160. The largest absolute Gasteiger partial charge is 0.465 e. The van der Waals surface area contributed by atoms with Crippen LogP contribution < -0.4 is 0 Å². The number of methoxy groups -OCH3 is 1. The molecule has 2 aromatic rings. The summed E-state index contributed by atoms with van der Waals surface area (Å²) >= 11 is 0. The molecule has 0 bridgehead atoms. The van der Waals surface area contributed by atoms with Crippen molar-refractivity contribution < 1.29 is 14.3 Å². The molecule has 1 amide bonds. The first kappa shape index (κ1) is 12.2. The smallest absolute Gasteiger partial charge is 0.337 e. The number of amides is 1. The van der Waals surface area contributed by atoms with Gasteiger partial charge in [0.05, 0.1) is 18.2 Å². The Bertz CT molecular complexity index is 614. The van der Waals surface area contributed by atoms with Gasteiger partial charge in [0.15, 0.2) is 0 Å². The summed E-state index contributed by atoms with van der Waals surface area (Å²) in [5.74, 6) is -0.415. The first-order chi connectivity index (χ1) is 8.54. The zero-order chi connectivity index (χ0) is 13.3. The van der Waals surface area contributed by atoms with Gasteiger partial charge in [-0.25, -0.2) is 9.59 Å². The normalized spacial score (nSPS) is 10.4. The van der Waals surface area contributed by atoms with Crippen LogP contribution in [0.3, 0.4) is 0 Å². The van der Waals surface area contributed by atoms with Gasteiger partial charge in [0.1, 0.15) is 0 Å². The lowest BCUT2D eigenvalue weighted by Gasteiger charge is -2.12. The van der Waals surface area contributed by atoms with Crippen LogP contribution in [-0.2, 0) is 4.74 Å². The summed E-state index contributed by atoms with van der Waals surface area (Å²) in [6, 6.07) is 6.80. The number of carbonyl (C=O) groups is 2. The van der Waals surface area contributed by atoms with Crippen molar-refractivity contribution in [2.75, 3.05) is 21.2 Å². The average molecular weight is 246 g/mol. The Morgan fingerprint density at radius 2 is 1.94 bits per heavy atom. The lowest BCUT2D eigenvalue weighted by atomic mass is 10.1. The van der Waals surface area contributed by atoms with Crippen LogP contribution in [0.5, 0.6) is 0 Å². The van der Waals surface area contributed by atoms with Crippen molar-refractivity contribution in [3.8, 4) is 0 Å². The third-order valence-electron chi connectivity index (χ3n) is 2.70. The van der Waals surface area contributed by atoms with Gasteiger partial charge in [-0.05, 0) is 18.2 Å². The molecule has 0 saturated carbocycles. The van der Waals surface area contributed by atoms with Gasteiger partial charge in [-0.3, -0.25) is 4.57 Å². The first-order valence-corrected chi connectivity index (χ1v) is 5.45. The van der Waals surface area contributed by atoms with Crippen molar-refractivity contribution in [1.29, 1.82) is 0 Å². The van der Waals surface area contributed by atoms with E-state index in [1.807, 2.05) is 6.07 Å². The molecule has 1 aromatic heterocycles. The van der Waals surface area contributed by atoms with Crippen molar-refractivity contribution in [2.45, 2.75) is 0 Å². The molecule has 0 saturated heterocycles. The van der Waals surface area contributed by atoms with Gasteiger partial charge in [0, 0.05) is 25.7 Å². The highest BCUT2D eigenvalue weighted by molar-refractivity contribution is 5.97. The second-order valence-electron chi connectivity index (χ2n) is 4.13. The Balaban J connectivity index is 2.56. The van der Waals surface area contributed by atoms with E-state index in [-0.39, 0.29) is 6.03 Å². The van der Waals surface area contributed by atoms with E-state index in [4.69, 9.17) is 0 Å². The van der Waals surface area contributed by atoms with E-state index in [1.54, 1.807) is 38.5 Å². The number of benzene rings is 1. The molecule has 1 heterocycles. The van der Waals surface area contributed by atoms with E-state index >= 15 is 0 Å². The van der Waals surface area contributed by atoms with E-state index in [2.05, 4.69) is 4.74 Å². The van der Waals surface area contributed by atoms with Crippen molar-refractivity contribution in [3.05, 3.63) is 36.0 Å². The molecule has 18 heavy (non-hydrogen) atoms. The summed E-state index contributed by atoms with van der Waals surface area (Å²) in [6.07, 6.45) is 1.69. The number of hydrogen-bond acceptors (Lipinski definition) is 3. The number of rotatable bonds is 1. The average Bonchev–Trinajstić information content (AvgIpc) is 2.79. The lowest BCUT2D eigenvalue weighted by Crippen LogP contribution is -2.26. The summed E-state index contributed by atoms with van der Waals surface area (Å²) in [7, 11) is 4.69. The maximum atomic E-state index is 11.9. The van der Waals surface area contributed by atoms with Crippen molar-refractivity contribution >= 4 is 22.9 Å². The third-order valence-corrected chi connectivity index (χ3v) is 2.70. The second kappa shape index (κ2) is 4.52. The van der Waals surface area contributed by atoms with E-state index < -0.39 is 5.97 Å². The van der Waals surface area contributed by atoms with Gasteiger partial charge < -0.3 is 9.64 Å². The Labute approximate surface area is 105 Å². The molecule has 1 aromatic carbocycles. The number of ether oxygens (including phenoxy) is 1. The summed E-state index contributed by atoms with van der Waals surface area (Å²) in [5, 5.41) is 0.901. The molecular weight excluding hydrogens is 232 g/mol. The van der Waals surface area contributed by atoms with E-state index in [1.165, 1.54) is 16.6 Å². The summed E-state index contributed by atoms with van der Waals surface area (Å²) < 4.78 is 6.17. The standard InChI is InChI=1S/C13H14N2O3/c1-14(2)13(17)15-7-6-9-4-5-10(8-11(9)15)12(16)18-3/h4-8H,1-3H3. The Morgan fingerprint density at radius 3 is 2.56 bits per heavy atom. The molecule has 5 nitrogen and oxygen atoms in total. The van der Waals surface area contributed by atoms with Crippen LogP contribution in [0.2, 0.25) is 0 Å². The Morgan fingerprint density at radius 1 is 1.22 bits per heavy atom. The van der Waals surface area contributed by atoms with E-state index in [0.717, 1.165) is 5.39 Å². The molecule has 0 spiro atoms. The molecule has 5 heteroatoms. The molecule has 2 rings (SSSR count). The van der Waals surface area contributed by atoms with Crippen LogP contribution in [0.1, 0.15) is 10.4 Å². The predicted molar refractivity (Wildman–Crippen MR) is 67.8 cm³/mol. The minimum atomic E-state index is -0.415. The van der Waals surface area contributed by atoms with Crippen molar-refractivity contribution in [3.63, 3.8) is 0 Å². The molecule has 0 radical (unpaired) electrons. The molecule has 0 aliphatic carbocycles. The van der Waals surface area contributed by atoms with Crippen LogP contribution >= 0.6 is 0 Å². The minimum Gasteiger partial charge on any atom is -0.465 e. The van der Waals surface area contributed by atoms with Gasteiger partial charge in [-0.15, -0.1) is 0 Å².